The fraction of sp³-hybridized carbons (Fsp3) is 0.500. The minimum absolute atomic E-state index is 0.00840. The monoisotopic (exact) mass is 312 g/mol. The summed E-state index contributed by atoms with van der Waals surface area (Å²) in [5.41, 5.74) is 3.09. The van der Waals surface area contributed by atoms with Crippen LogP contribution in [0, 0.1) is 6.92 Å². The maximum atomic E-state index is 11.7. The van der Waals surface area contributed by atoms with Gasteiger partial charge in [-0.15, -0.1) is 11.6 Å². The Bertz CT molecular complexity index is 752. The molecule has 3 rings (SSSR count). The van der Waals surface area contributed by atoms with Crippen molar-refractivity contribution in [3.05, 3.63) is 29.6 Å². The Hall–Kier alpha value is -1.07. The molecule has 0 bridgehead atoms. The molecule has 1 aromatic carbocycles. The van der Waals surface area contributed by atoms with E-state index in [1.165, 1.54) is 0 Å². The number of fused-ring (bicyclic) bond motifs is 1. The number of nitrogens with zero attached hydrogens (tertiary/aromatic N) is 2. The lowest BCUT2D eigenvalue weighted by Crippen LogP contribution is -2.14. The fourth-order valence-corrected chi connectivity index (χ4v) is 4.77. The summed E-state index contributed by atoms with van der Waals surface area (Å²) in [6.45, 7) is 2.03. The van der Waals surface area contributed by atoms with Crippen LogP contribution in [0.2, 0.25) is 0 Å². The Balaban J connectivity index is 2.14. The van der Waals surface area contributed by atoms with Gasteiger partial charge in [-0.2, -0.15) is 0 Å². The highest BCUT2D eigenvalue weighted by atomic mass is 35.5. The van der Waals surface area contributed by atoms with Crippen molar-refractivity contribution in [1.82, 2.24) is 9.55 Å². The first kappa shape index (κ1) is 13.9. The van der Waals surface area contributed by atoms with E-state index < -0.39 is 9.84 Å². The second-order valence-corrected chi connectivity index (χ2v) is 7.99. The molecule has 0 aliphatic carbocycles. The number of aryl methyl sites for hydroxylation is 2. The maximum absolute atomic E-state index is 11.7. The molecule has 0 saturated carbocycles. The highest BCUT2D eigenvalue weighted by molar-refractivity contribution is 7.91. The van der Waals surface area contributed by atoms with Crippen LogP contribution in [0.1, 0.15) is 23.9 Å². The molecule has 1 aromatic heterocycles. The SMILES string of the molecule is Cc1ccc2c(c1)nc(CCCl)n2C1CCS(=O)(=O)C1. The van der Waals surface area contributed by atoms with Gasteiger partial charge in [-0.3, -0.25) is 0 Å². The molecule has 1 saturated heterocycles. The van der Waals surface area contributed by atoms with Crippen LogP contribution < -0.4 is 0 Å². The summed E-state index contributed by atoms with van der Waals surface area (Å²) in [5.74, 6) is 1.86. The summed E-state index contributed by atoms with van der Waals surface area (Å²) in [6.07, 6.45) is 1.32. The number of rotatable bonds is 3. The van der Waals surface area contributed by atoms with Crippen molar-refractivity contribution in [2.45, 2.75) is 25.8 Å². The van der Waals surface area contributed by atoms with Gasteiger partial charge in [0.2, 0.25) is 0 Å². The molecular weight excluding hydrogens is 296 g/mol. The average molecular weight is 313 g/mol. The molecule has 1 aliphatic rings. The van der Waals surface area contributed by atoms with Crippen LogP contribution in [-0.2, 0) is 16.3 Å². The summed E-state index contributed by atoms with van der Waals surface area (Å²) in [7, 11) is -2.91. The first-order valence-corrected chi connectivity index (χ1v) is 9.09. The van der Waals surface area contributed by atoms with Crippen LogP contribution in [0.15, 0.2) is 18.2 Å². The van der Waals surface area contributed by atoms with Crippen LogP contribution in [0.3, 0.4) is 0 Å². The predicted molar refractivity (Wildman–Crippen MR) is 81.2 cm³/mol. The number of aromatic nitrogens is 2. The number of alkyl halides is 1. The first-order valence-electron chi connectivity index (χ1n) is 6.74. The number of hydrogen-bond donors (Lipinski definition) is 0. The Morgan fingerprint density at radius 1 is 1.45 bits per heavy atom. The van der Waals surface area contributed by atoms with Crippen molar-refractivity contribution < 1.29 is 8.42 Å². The van der Waals surface area contributed by atoms with E-state index in [-0.39, 0.29) is 17.5 Å². The van der Waals surface area contributed by atoms with Crippen LogP contribution in [0.5, 0.6) is 0 Å². The van der Waals surface area contributed by atoms with Gasteiger partial charge in [-0.05, 0) is 31.0 Å². The zero-order valence-corrected chi connectivity index (χ0v) is 12.9. The predicted octanol–water partition coefficient (Wildman–Crippen LogP) is 2.49. The summed E-state index contributed by atoms with van der Waals surface area (Å²) in [4.78, 5) is 4.64. The Kier molecular flexibility index (Phi) is 3.50. The van der Waals surface area contributed by atoms with Crippen molar-refractivity contribution in [2.75, 3.05) is 17.4 Å². The molecule has 0 amide bonds. The molecular formula is C14H17ClN2O2S. The van der Waals surface area contributed by atoms with Crippen molar-refractivity contribution in [3.8, 4) is 0 Å². The minimum Gasteiger partial charge on any atom is -0.324 e. The number of imidazole rings is 1. The van der Waals surface area contributed by atoms with Gasteiger partial charge in [0.1, 0.15) is 5.82 Å². The lowest BCUT2D eigenvalue weighted by molar-refractivity contribution is 0.548. The molecule has 0 radical (unpaired) electrons. The number of halogens is 1. The summed E-state index contributed by atoms with van der Waals surface area (Å²) >= 11 is 5.86. The van der Waals surface area contributed by atoms with Gasteiger partial charge in [0.05, 0.1) is 28.6 Å². The molecule has 108 valence electrons. The molecule has 1 atom stereocenters. The zero-order valence-electron chi connectivity index (χ0n) is 11.3. The largest absolute Gasteiger partial charge is 0.324 e. The van der Waals surface area contributed by atoms with Gasteiger partial charge in [-0.1, -0.05) is 6.07 Å². The molecule has 0 spiro atoms. The third-order valence-corrected chi connectivity index (χ3v) is 5.75. The standard InChI is InChI=1S/C14H17ClN2O2S/c1-10-2-3-13-12(8-10)16-14(4-6-15)17(13)11-5-7-20(18,19)9-11/h2-3,8,11H,4-7,9H2,1H3. The van der Waals surface area contributed by atoms with Crippen molar-refractivity contribution in [2.24, 2.45) is 0 Å². The van der Waals surface area contributed by atoms with Gasteiger partial charge in [0.25, 0.3) is 0 Å². The third-order valence-electron chi connectivity index (χ3n) is 3.81. The second-order valence-electron chi connectivity index (χ2n) is 5.39. The average Bonchev–Trinajstić information content (AvgIpc) is 2.89. The van der Waals surface area contributed by atoms with Crippen LogP contribution in [0.25, 0.3) is 11.0 Å². The van der Waals surface area contributed by atoms with E-state index in [4.69, 9.17) is 11.6 Å². The summed E-state index contributed by atoms with van der Waals surface area (Å²) in [5, 5.41) is 0. The van der Waals surface area contributed by atoms with Crippen LogP contribution >= 0.6 is 11.6 Å². The first-order chi connectivity index (χ1) is 9.50. The van der Waals surface area contributed by atoms with E-state index in [0.29, 0.717) is 18.7 Å². The second kappa shape index (κ2) is 5.04. The van der Waals surface area contributed by atoms with Gasteiger partial charge < -0.3 is 4.57 Å². The van der Waals surface area contributed by atoms with Crippen LogP contribution in [0.4, 0.5) is 0 Å². The molecule has 6 heteroatoms. The summed E-state index contributed by atoms with van der Waals surface area (Å²) < 4.78 is 25.6. The summed E-state index contributed by atoms with van der Waals surface area (Å²) in [6, 6.07) is 6.09. The van der Waals surface area contributed by atoms with Crippen molar-refractivity contribution in [3.63, 3.8) is 0 Å². The Morgan fingerprint density at radius 3 is 2.90 bits per heavy atom. The Morgan fingerprint density at radius 2 is 2.25 bits per heavy atom. The van der Waals surface area contributed by atoms with Gasteiger partial charge in [0.15, 0.2) is 9.84 Å². The normalized spacial score (nSPS) is 21.6. The van der Waals surface area contributed by atoms with E-state index >= 15 is 0 Å². The van der Waals surface area contributed by atoms with Gasteiger partial charge in [-0.25, -0.2) is 13.4 Å². The molecule has 20 heavy (non-hydrogen) atoms. The fourth-order valence-electron chi connectivity index (χ4n) is 2.91. The molecule has 1 unspecified atom stereocenters. The topological polar surface area (TPSA) is 52.0 Å². The molecule has 1 aliphatic heterocycles. The quantitative estimate of drug-likeness (QED) is 0.818. The van der Waals surface area contributed by atoms with E-state index in [9.17, 15) is 8.42 Å². The third kappa shape index (κ3) is 2.44. The molecule has 1 fully saturated rings. The van der Waals surface area contributed by atoms with Crippen molar-refractivity contribution in [1.29, 1.82) is 0 Å². The number of hydrogen-bond acceptors (Lipinski definition) is 3. The maximum Gasteiger partial charge on any atom is 0.152 e. The Labute approximate surface area is 123 Å². The van der Waals surface area contributed by atoms with Crippen LogP contribution in [-0.4, -0.2) is 35.4 Å². The highest BCUT2D eigenvalue weighted by Crippen LogP contribution is 2.30. The minimum atomic E-state index is -2.91. The van der Waals surface area contributed by atoms with Gasteiger partial charge in [0, 0.05) is 12.3 Å². The lowest BCUT2D eigenvalue weighted by atomic mass is 10.2. The molecule has 4 nitrogen and oxygen atoms in total. The van der Waals surface area contributed by atoms with E-state index in [0.717, 1.165) is 22.4 Å². The molecule has 0 N–H and O–H groups in total. The molecule has 2 aromatic rings. The van der Waals surface area contributed by atoms with E-state index in [1.807, 2.05) is 25.1 Å². The smallest absolute Gasteiger partial charge is 0.152 e. The highest BCUT2D eigenvalue weighted by Gasteiger charge is 2.31. The van der Waals surface area contributed by atoms with E-state index in [1.54, 1.807) is 0 Å². The molecule has 2 heterocycles. The van der Waals surface area contributed by atoms with E-state index in [2.05, 4.69) is 9.55 Å². The number of sulfone groups is 1. The number of benzene rings is 1. The zero-order chi connectivity index (χ0) is 14.3. The lowest BCUT2D eigenvalue weighted by Gasteiger charge is -2.15. The van der Waals surface area contributed by atoms with Gasteiger partial charge >= 0.3 is 0 Å². The van der Waals surface area contributed by atoms with Crippen molar-refractivity contribution >= 4 is 32.5 Å².